The largest absolute Gasteiger partial charge is 0.355 e. The predicted molar refractivity (Wildman–Crippen MR) is 52.4 cm³/mol. The summed E-state index contributed by atoms with van der Waals surface area (Å²) in [6, 6.07) is 7.19. The van der Waals surface area contributed by atoms with Gasteiger partial charge in [-0.25, -0.2) is 0 Å². The van der Waals surface area contributed by atoms with Gasteiger partial charge in [-0.1, -0.05) is 5.92 Å². The topological polar surface area (TPSA) is 29.1 Å². The molecule has 0 aromatic heterocycles. The number of amides is 1. The van der Waals surface area contributed by atoms with Crippen molar-refractivity contribution in [3.8, 4) is 11.8 Å². The molecule has 0 aliphatic carbocycles. The van der Waals surface area contributed by atoms with Gasteiger partial charge in [0.25, 0.3) is 5.91 Å². The van der Waals surface area contributed by atoms with Gasteiger partial charge in [0.15, 0.2) is 0 Å². The Morgan fingerprint density at radius 1 is 1.31 bits per heavy atom. The molecule has 0 heterocycles. The van der Waals surface area contributed by atoms with E-state index in [-0.39, 0.29) is 5.91 Å². The summed E-state index contributed by atoms with van der Waals surface area (Å²) in [6.07, 6.45) is 0. The number of carbonyl (C=O) groups excluding carboxylic acids is 1. The summed E-state index contributed by atoms with van der Waals surface area (Å²) in [5.74, 6) is 5.63. The third kappa shape index (κ3) is 2.34. The second-order valence-electron chi connectivity index (χ2n) is 2.53. The fourth-order valence-corrected chi connectivity index (χ4v) is 0.994. The molecule has 0 fully saturated rings. The van der Waals surface area contributed by atoms with E-state index in [9.17, 15) is 4.79 Å². The lowest BCUT2D eigenvalue weighted by molar-refractivity contribution is 0.0963. The highest BCUT2D eigenvalue weighted by Gasteiger charge is 2.00. The van der Waals surface area contributed by atoms with Crippen molar-refractivity contribution in [3.63, 3.8) is 0 Å². The van der Waals surface area contributed by atoms with Crippen molar-refractivity contribution >= 4 is 5.91 Å². The van der Waals surface area contributed by atoms with E-state index in [2.05, 4.69) is 17.2 Å². The minimum absolute atomic E-state index is 0.0731. The Balaban J connectivity index is 2.91. The van der Waals surface area contributed by atoms with Crippen LogP contribution in [0.2, 0.25) is 0 Å². The molecule has 0 unspecified atom stereocenters. The minimum atomic E-state index is -0.0731. The Morgan fingerprint density at radius 3 is 2.38 bits per heavy atom. The summed E-state index contributed by atoms with van der Waals surface area (Å²) in [7, 11) is 1.61. The molecule has 1 aromatic rings. The molecule has 0 radical (unpaired) electrons. The SMILES string of the molecule is CC#Cc1ccc(C(=O)NC)cc1. The van der Waals surface area contributed by atoms with E-state index in [1.54, 1.807) is 26.1 Å². The van der Waals surface area contributed by atoms with Gasteiger partial charge < -0.3 is 5.32 Å². The first-order valence-electron chi connectivity index (χ1n) is 4.03. The zero-order valence-electron chi connectivity index (χ0n) is 7.72. The monoisotopic (exact) mass is 173 g/mol. The fraction of sp³-hybridized carbons (Fsp3) is 0.182. The van der Waals surface area contributed by atoms with E-state index in [4.69, 9.17) is 0 Å². The van der Waals surface area contributed by atoms with Crippen LogP contribution in [0.25, 0.3) is 0 Å². The van der Waals surface area contributed by atoms with Crippen LogP contribution in [-0.2, 0) is 0 Å². The molecule has 0 spiro atoms. The van der Waals surface area contributed by atoms with Gasteiger partial charge in [-0.15, -0.1) is 5.92 Å². The number of rotatable bonds is 1. The molecule has 0 saturated carbocycles. The molecule has 0 atom stereocenters. The van der Waals surface area contributed by atoms with Crippen LogP contribution in [0.3, 0.4) is 0 Å². The smallest absolute Gasteiger partial charge is 0.251 e. The Bertz CT molecular complexity index is 354. The molecule has 0 aliphatic rings. The molecule has 1 N–H and O–H groups in total. The maximum atomic E-state index is 11.1. The average molecular weight is 173 g/mol. The summed E-state index contributed by atoms with van der Waals surface area (Å²) < 4.78 is 0. The number of hydrogen-bond donors (Lipinski definition) is 1. The minimum Gasteiger partial charge on any atom is -0.355 e. The van der Waals surface area contributed by atoms with Gasteiger partial charge in [0, 0.05) is 18.2 Å². The molecule has 1 aromatic carbocycles. The molecule has 1 rings (SSSR count). The van der Waals surface area contributed by atoms with Gasteiger partial charge in [-0.05, 0) is 31.2 Å². The number of carbonyl (C=O) groups is 1. The normalized spacial score (nSPS) is 8.46. The summed E-state index contributed by atoms with van der Waals surface area (Å²) in [6.45, 7) is 1.78. The standard InChI is InChI=1S/C11H11NO/c1-3-4-9-5-7-10(8-6-9)11(13)12-2/h5-8H,1-2H3,(H,12,13). The predicted octanol–water partition coefficient (Wildman–Crippen LogP) is 1.42. The van der Waals surface area contributed by atoms with Crippen molar-refractivity contribution in [2.75, 3.05) is 7.05 Å². The summed E-state index contributed by atoms with van der Waals surface area (Å²) in [4.78, 5) is 11.1. The van der Waals surface area contributed by atoms with Gasteiger partial charge in [0.1, 0.15) is 0 Å². The van der Waals surface area contributed by atoms with Crippen LogP contribution >= 0.6 is 0 Å². The molecule has 66 valence electrons. The fourth-order valence-electron chi connectivity index (χ4n) is 0.994. The summed E-state index contributed by atoms with van der Waals surface area (Å²) >= 11 is 0. The van der Waals surface area contributed by atoms with Crippen LogP contribution in [0, 0.1) is 11.8 Å². The van der Waals surface area contributed by atoms with Gasteiger partial charge >= 0.3 is 0 Å². The van der Waals surface area contributed by atoms with Gasteiger partial charge in [0.2, 0.25) is 0 Å². The molecule has 0 aliphatic heterocycles. The van der Waals surface area contributed by atoms with Crippen molar-refractivity contribution in [1.29, 1.82) is 0 Å². The molecule has 13 heavy (non-hydrogen) atoms. The molecule has 0 bridgehead atoms. The highest BCUT2D eigenvalue weighted by atomic mass is 16.1. The molecule has 2 heteroatoms. The molecule has 2 nitrogen and oxygen atoms in total. The third-order valence-corrected chi connectivity index (χ3v) is 1.64. The number of benzene rings is 1. The lowest BCUT2D eigenvalue weighted by Crippen LogP contribution is -2.17. The Kier molecular flexibility index (Phi) is 3.10. The van der Waals surface area contributed by atoms with Gasteiger partial charge in [-0.2, -0.15) is 0 Å². The molecular weight excluding hydrogens is 162 g/mol. The van der Waals surface area contributed by atoms with E-state index >= 15 is 0 Å². The van der Waals surface area contributed by atoms with E-state index in [1.807, 2.05) is 12.1 Å². The quantitative estimate of drug-likeness (QED) is 0.639. The van der Waals surface area contributed by atoms with Crippen molar-refractivity contribution in [2.45, 2.75) is 6.92 Å². The third-order valence-electron chi connectivity index (χ3n) is 1.64. The highest BCUT2D eigenvalue weighted by molar-refractivity contribution is 5.94. The van der Waals surface area contributed by atoms with E-state index in [0.717, 1.165) is 5.56 Å². The van der Waals surface area contributed by atoms with Crippen molar-refractivity contribution in [3.05, 3.63) is 35.4 Å². The maximum absolute atomic E-state index is 11.1. The lowest BCUT2D eigenvalue weighted by atomic mass is 10.1. The lowest BCUT2D eigenvalue weighted by Gasteiger charge is -1.98. The van der Waals surface area contributed by atoms with Crippen LogP contribution in [-0.4, -0.2) is 13.0 Å². The van der Waals surface area contributed by atoms with Crippen LogP contribution in [0.4, 0.5) is 0 Å². The Morgan fingerprint density at radius 2 is 1.92 bits per heavy atom. The van der Waals surface area contributed by atoms with Crippen LogP contribution in [0.1, 0.15) is 22.8 Å². The number of nitrogens with one attached hydrogen (secondary N) is 1. The van der Waals surface area contributed by atoms with Crippen molar-refractivity contribution in [1.82, 2.24) is 5.32 Å². The molecular formula is C11H11NO. The highest BCUT2D eigenvalue weighted by Crippen LogP contribution is 2.02. The summed E-state index contributed by atoms with van der Waals surface area (Å²) in [5, 5.41) is 2.56. The van der Waals surface area contributed by atoms with Crippen LogP contribution < -0.4 is 5.32 Å². The number of hydrogen-bond acceptors (Lipinski definition) is 1. The molecule has 0 saturated heterocycles. The van der Waals surface area contributed by atoms with E-state index < -0.39 is 0 Å². The zero-order valence-corrected chi connectivity index (χ0v) is 7.72. The average Bonchev–Trinajstić information content (AvgIpc) is 2.18. The van der Waals surface area contributed by atoms with Crippen LogP contribution in [0.5, 0.6) is 0 Å². The van der Waals surface area contributed by atoms with Crippen molar-refractivity contribution in [2.24, 2.45) is 0 Å². The molecule has 1 amide bonds. The van der Waals surface area contributed by atoms with Crippen molar-refractivity contribution < 1.29 is 4.79 Å². The zero-order chi connectivity index (χ0) is 9.68. The second-order valence-corrected chi connectivity index (χ2v) is 2.53. The maximum Gasteiger partial charge on any atom is 0.251 e. The van der Waals surface area contributed by atoms with Gasteiger partial charge in [0.05, 0.1) is 0 Å². The Hall–Kier alpha value is -1.75. The first kappa shape index (κ1) is 9.34. The second kappa shape index (κ2) is 4.32. The Labute approximate surface area is 78.0 Å². The first-order valence-corrected chi connectivity index (χ1v) is 4.03. The van der Waals surface area contributed by atoms with E-state index in [0.29, 0.717) is 5.56 Å². The first-order chi connectivity index (χ1) is 6.27. The van der Waals surface area contributed by atoms with Crippen LogP contribution in [0.15, 0.2) is 24.3 Å². The summed E-state index contributed by atoms with van der Waals surface area (Å²) in [5.41, 5.74) is 1.58. The van der Waals surface area contributed by atoms with Gasteiger partial charge in [-0.3, -0.25) is 4.79 Å². The van der Waals surface area contributed by atoms with E-state index in [1.165, 1.54) is 0 Å².